The molecule has 0 bridgehead atoms. The van der Waals surface area contributed by atoms with Crippen molar-refractivity contribution in [2.24, 2.45) is 0 Å². The Morgan fingerprint density at radius 3 is 1.26 bits per heavy atom. The summed E-state index contributed by atoms with van der Waals surface area (Å²) < 4.78 is 12.8. The molecule has 0 spiro atoms. The summed E-state index contributed by atoms with van der Waals surface area (Å²) in [5, 5.41) is 19.3. The van der Waals surface area contributed by atoms with E-state index in [1.54, 1.807) is 48.5 Å². The molecular weight excluding hydrogens is 388 g/mol. The van der Waals surface area contributed by atoms with E-state index in [0.717, 1.165) is 11.1 Å². The number of rotatable bonds is 7. The summed E-state index contributed by atoms with van der Waals surface area (Å²) in [4.78, 5) is 0. The van der Waals surface area contributed by atoms with Crippen LogP contribution in [0, 0.1) is 0 Å². The molecule has 4 nitrogen and oxygen atoms in total. The van der Waals surface area contributed by atoms with Crippen molar-refractivity contribution in [3.8, 4) is 23.0 Å². The maximum absolute atomic E-state index is 9.66. The molecule has 4 aromatic rings. The Labute approximate surface area is 182 Å². The Bertz CT molecular complexity index is 1000. The normalized spacial score (nSPS) is 11.3. The number of benzene rings is 4. The first kappa shape index (κ1) is 20.4. The van der Waals surface area contributed by atoms with Crippen LogP contribution in [0.4, 0.5) is 0 Å². The van der Waals surface area contributed by atoms with Gasteiger partial charge in [-0.1, -0.05) is 60.7 Å². The van der Waals surface area contributed by atoms with Crippen molar-refractivity contribution in [3.63, 3.8) is 0 Å². The van der Waals surface area contributed by atoms with Crippen LogP contribution in [0.5, 0.6) is 23.0 Å². The van der Waals surface area contributed by atoms with Crippen LogP contribution in [0.2, 0.25) is 0 Å². The van der Waals surface area contributed by atoms with Crippen LogP contribution in [0.25, 0.3) is 0 Å². The summed E-state index contributed by atoms with van der Waals surface area (Å²) in [5.41, 5.74) is 1.39. The quantitative estimate of drug-likeness (QED) is 0.372. The van der Waals surface area contributed by atoms with Gasteiger partial charge >= 0.3 is 0 Å². The Kier molecular flexibility index (Phi) is 5.80. The predicted octanol–water partition coefficient (Wildman–Crippen LogP) is 5.89. The molecule has 0 aliphatic heterocycles. The predicted molar refractivity (Wildman–Crippen MR) is 121 cm³/mol. The molecule has 0 amide bonds. The maximum atomic E-state index is 9.66. The lowest BCUT2D eigenvalue weighted by molar-refractivity contribution is -0.0394. The Morgan fingerprint density at radius 1 is 0.548 bits per heavy atom. The zero-order chi connectivity index (χ0) is 21.7. The summed E-state index contributed by atoms with van der Waals surface area (Å²) in [6, 6.07) is 33.3. The Balaban J connectivity index is 1.82. The second-order valence-corrected chi connectivity index (χ2v) is 7.49. The Morgan fingerprint density at radius 2 is 0.903 bits per heavy atom. The molecule has 2 N–H and O–H groups in total. The highest BCUT2D eigenvalue weighted by molar-refractivity contribution is 5.41. The first-order valence-corrected chi connectivity index (χ1v) is 10.1. The number of phenolic OH excluding ortho intramolecular Hbond substituents is 2. The second-order valence-electron chi connectivity index (χ2n) is 7.49. The fourth-order valence-electron chi connectivity index (χ4n) is 3.56. The molecule has 0 fully saturated rings. The largest absolute Gasteiger partial charge is 0.508 e. The van der Waals surface area contributed by atoms with Gasteiger partial charge in [-0.2, -0.15) is 0 Å². The topological polar surface area (TPSA) is 58.9 Å². The lowest BCUT2D eigenvalue weighted by atomic mass is 9.75. The average Bonchev–Trinajstić information content (AvgIpc) is 2.82. The van der Waals surface area contributed by atoms with E-state index >= 15 is 0 Å². The highest BCUT2D eigenvalue weighted by Crippen LogP contribution is 2.39. The minimum atomic E-state index is -0.744. The third kappa shape index (κ3) is 4.48. The van der Waals surface area contributed by atoms with Gasteiger partial charge in [-0.25, -0.2) is 0 Å². The number of aromatic hydroxyl groups is 2. The van der Waals surface area contributed by atoms with E-state index in [2.05, 4.69) is 31.2 Å². The SMILES string of the molecule is CC(c1ccccc1)(c1ccccc1)C(Oc1ccc(O)cc1)Oc1ccc(O)cc1. The van der Waals surface area contributed by atoms with Crippen molar-refractivity contribution in [2.45, 2.75) is 18.6 Å². The van der Waals surface area contributed by atoms with E-state index in [1.165, 1.54) is 0 Å². The van der Waals surface area contributed by atoms with Crippen molar-refractivity contribution < 1.29 is 19.7 Å². The molecule has 0 saturated heterocycles. The first-order chi connectivity index (χ1) is 15.1. The van der Waals surface area contributed by atoms with E-state index in [1.807, 2.05) is 36.4 Å². The molecule has 4 heteroatoms. The van der Waals surface area contributed by atoms with Crippen LogP contribution in [0.15, 0.2) is 109 Å². The fraction of sp³-hybridized carbons (Fsp3) is 0.111. The van der Waals surface area contributed by atoms with E-state index in [4.69, 9.17) is 9.47 Å². The van der Waals surface area contributed by atoms with Crippen LogP contribution in [0.1, 0.15) is 18.1 Å². The van der Waals surface area contributed by atoms with Crippen LogP contribution >= 0.6 is 0 Å². The van der Waals surface area contributed by atoms with Gasteiger partial charge in [0.25, 0.3) is 6.29 Å². The number of hydrogen-bond donors (Lipinski definition) is 2. The molecule has 0 aliphatic rings. The standard InChI is InChI=1S/C27H24O4/c1-27(20-8-4-2-5-9-20,21-10-6-3-7-11-21)26(30-24-16-12-22(28)13-17-24)31-25-18-14-23(29)15-19-25/h2-19,26,28-29H,1H3. The summed E-state index contributed by atoms with van der Waals surface area (Å²) in [6.07, 6.45) is -0.744. The zero-order valence-electron chi connectivity index (χ0n) is 17.2. The van der Waals surface area contributed by atoms with Crippen molar-refractivity contribution in [2.75, 3.05) is 0 Å². The van der Waals surface area contributed by atoms with Crippen molar-refractivity contribution in [1.82, 2.24) is 0 Å². The molecule has 0 heterocycles. The molecule has 0 aromatic heterocycles. The van der Waals surface area contributed by atoms with Gasteiger partial charge in [0.2, 0.25) is 0 Å². The maximum Gasteiger partial charge on any atom is 0.254 e. The van der Waals surface area contributed by atoms with Gasteiger partial charge in [0.15, 0.2) is 0 Å². The smallest absolute Gasteiger partial charge is 0.254 e. The minimum Gasteiger partial charge on any atom is -0.508 e. The molecule has 156 valence electrons. The van der Waals surface area contributed by atoms with E-state index in [9.17, 15) is 10.2 Å². The van der Waals surface area contributed by atoms with Crippen molar-refractivity contribution >= 4 is 0 Å². The fourth-order valence-corrected chi connectivity index (χ4v) is 3.56. The van der Waals surface area contributed by atoms with Gasteiger partial charge in [-0.3, -0.25) is 0 Å². The van der Waals surface area contributed by atoms with Crippen LogP contribution in [-0.4, -0.2) is 16.5 Å². The van der Waals surface area contributed by atoms with Crippen LogP contribution in [-0.2, 0) is 5.41 Å². The minimum absolute atomic E-state index is 0.164. The highest BCUT2D eigenvalue weighted by Gasteiger charge is 2.41. The molecule has 0 atom stereocenters. The molecule has 0 unspecified atom stereocenters. The Hall–Kier alpha value is -3.92. The lowest BCUT2D eigenvalue weighted by Gasteiger charge is -2.38. The third-order valence-corrected chi connectivity index (χ3v) is 5.38. The number of ether oxygens (including phenoxy) is 2. The van der Waals surface area contributed by atoms with Gasteiger partial charge in [0.1, 0.15) is 23.0 Å². The van der Waals surface area contributed by atoms with Crippen molar-refractivity contribution in [3.05, 3.63) is 120 Å². The highest BCUT2D eigenvalue weighted by atomic mass is 16.7. The van der Waals surface area contributed by atoms with Crippen LogP contribution in [0.3, 0.4) is 0 Å². The van der Waals surface area contributed by atoms with Gasteiger partial charge in [0, 0.05) is 0 Å². The first-order valence-electron chi connectivity index (χ1n) is 10.1. The zero-order valence-corrected chi connectivity index (χ0v) is 17.2. The molecule has 0 radical (unpaired) electrons. The number of phenols is 2. The summed E-state index contributed by atoms with van der Waals surface area (Å²) >= 11 is 0. The molecule has 0 saturated carbocycles. The van der Waals surface area contributed by atoms with E-state index in [0.29, 0.717) is 11.5 Å². The van der Waals surface area contributed by atoms with Gasteiger partial charge in [-0.15, -0.1) is 0 Å². The van der Waals surface area contributed by atoms with Gasteiger partial charge < -0.3 is 19.7 Å². The molecule has 4 rings (SSSR count). The molecule has 4 aromatic carbocycles. The van der Waals surface area contributed by atoms with E-state index < -0.39 is 11.7 Å². The average molecular weight is 412 g/mol. The lowest BCUT2D eigenvalue weighted by Crippen LogP contribution is -2.45. The molecular formula is C27H24O4. The summed E-state index contributed by atoms with van der Waals surface area (Å²) in [7, 11) is 0. The second kappa shape index (κ2) is 8.84. The molecule has 0 aliphatic carbocycles. The van der Waals surface area contributed by atoms with Crippen LogP contribution < -0.4 is 9.47 Å². The monoisotopic (exact) mass is 412 g/mol. The molecule has 31 heavy (non-hydrogen) atoms. The van der Waals surface area contributed by atoms with Crippen molar-refractivity contribution in [1.29, 1.82) is 0 Å². The van der Waals surface area contributed by atoms with E-state index in [-0.39, 0.29) is 11.5 Å². The summed E-state index contributed by atoms with van der Waals surface area (Å²) in [5.74, 6) is 1.47. The number of hydrogen-bond acceptors (Lipinski definition) is 4. The summed E-state index contributed by atoms with van der Waals surface area (Å²) in [6.45, 7) is 2.09. The van der Waals surface area contributed by atoms with Gasteiger partial charge in [0.05, 0.1) is 5.41 Å². The van der Waals surface area contributed by atoms with Gasteiger partial charge in [-0.05, 0) is 66.6 Å². The third-order valence-electron chi connectivity index (χ3n) is 5.38.